The van der Waals surface area contributed by atoms with Crippen LogP contribution in [0.1, 0.15) is 71.8 Å². The minimum atomic E-state index is 0.184. The van der Waals surface area contributed by atoms with Crippen LogP contribution in [0.5, 0.6) is 5.75 Å². The lowest BCUT2D eigenvalue weighted by Gasteiger charge is -2.19. The van der Waals surface area contributed by atoms with Gasteiger partial charge in [-0.3, -0.25) is 0 Å². The molecule has 0 aliphatic heterocycles. The predicted octanol–water partition coefficient (Wildman–Crippen LogP) is 3.91. The van der Waals surface area contributed by atoms with Crippen LogP contribution in [0, 0.1) is 5.92 Å². The molecule has 21 heavy (non-hydrogen) atoms. The third-order valence-electron chi connectivity index (χ3n) is 3.22. The Hall–Kier alpha value is -1.16. The molecule has 120 valence electrons. The Balaban J connectivity index is 2.84. The van der Waals surface area contributed by atoms with E-state index in [1.807, 2.05) is 6.20 Å². The number of aromatic nitrogens is 2. The highest BCUT2D eigenvalue weighted by Gasteiger charge is 2.14. The van der Waals surface area contributed by atoms with Crippen LogP contribution in [-0.2, 0) is 6.54 Å². The normalized spacial score (nSPS) is 13.0. The summed E-state index contributed by atoms with van der Waals surface area (Å²) in [4.78, 5) is 9.11. The number of hydrogen-bond donors (Lipinski definition) is 1. The molecule has 4 nitrogen and oxygen atoms in total. The molecular formula is C17H31N3O. The van der Waals surface area contributed by atoms with Crippen molar-refractivity contribution in [3.63, 3.8) is 0 Å². The summed E-state index contributed by atoms with van der Waals surface area (Å²) >= 11 is 0. The zero-order valence-corrected chi connectivity index (χ0v) is 14.4. The van der Waals surface area contributed by atoms with Gasteiger partial charge in [-0.25, -0.2) is 9.97 Å². The highest BCUT2D eigenvalue weighted by Crippen LogP contribution is 2.21. The minimum Gasteiger partial charge on any atom is -0.487 e. The Kier molecular flexibility index (Phi) is 7.65. The lowest BCUT2D eigenvalue weighted by molar-refractivity contribution is 0.189. The summed E-state index contributed by atoms with van der Waals surface area (Å²) in [6.45, 7) is 14.6. The molecule has 0 spiro atoms. The highest BCUT2D eigenvalue weighted by atomic mass is 16.5. The molecule has 1 unspecified atom stereocenters. The zero-order chi connectivity index (χ0) is 15.8. The average molecular weight is 293 g/mol. The van der Waals surface area contributed by atoms with E-state index < -0.39 is 0 Å². The molecular weight excluding hydrogens is 262 g/mol. The van der Waals surface area contributed by atoms with E-state index in [2.05, 4.69) is 56.8 Å². The first-order chi connectivity index (χ1) is 9.93. The molecule has 0 aromatic carbocycles. The number of nitrogens with one attached hydrogen (secondary N) is 1. The van der Waals surface area contributed by atoms with Gasteiger partial charge < -0.3 is 10.1 Å². The summed E-state index contributed by atoms with van der Waals surface area (Å²) in [5.41, 5.74) is 0.970. The SMILES string of the molecule is CCCNCc1nc(C(C)C)ncc1OC(C)CC(C)C. The molecule has 0 fully saturated rings. The largest absolute Gasteiger partial charge is 0.487 e. The fraction of sp³-hybridized carbons (Fsp3) is 0.765. The van der Waals surface area contributed by atoms with Gasteiger partial charge in [-0.1, -0.05) is 34.6 Å². The Bertz CT molecular complexity index is 418. The Morgan fingerprint density at radius 2 is 1.90 bits per heavy atom. The van der Waals surface area contributed by atoms with Crippen LogP contribution >= 0.6 is 0 Å². The van der Waals surface area contributed by atoms with Crippen molar-refractivity contribution in [1.29, 1.82) is 0 Å². The quantitative estimate of drug-likeness (QED) is 0.701. The van der Waals surface area contributed by atoms with Crippen molar-refractivity contribution in [2.24, 2.45) is 5.92 Å². The van der Waals surface area contributed by atoms with Crippen LogP contribution in [0.3, 0.4) is 0 Å². The van der Waals surface area contributed by atoms with Crippen molar-refractivity contribution in [3.05, 3.63) is 17.7 Å². The van der Waals surface area contributed by atoms with Crippen molar-refractivity contribution >= 4 is 0 Å². The minimum absolute atomic E-state index is 0.184. The molecule has 0 radical (unpaired) electrons. The van der Waals surface area contributed by atoms with Crippen LogP contribution in [0.15, 0.2) is 6.20 Å². The van der Waals surface area contributed by atoms with Gasteiger partial charge in [0.2, 0.25) is 0 Å². The fourth-order valence-electron chi connectivity index (χ4n) is 2.24. The van der Waals surface area contributed by atoms with Crippen LogP contribution in [0.25, 0.3) is 0 Å². The highest BCUT2D eigenvalue weighted by molar-refractivity contribution is 5.25. The van der Waals surface area contributed by atoms with Gasteiger partial charge >= 0.3 is 0 Å². The van der Waals surface area contributed by atoms with Crippen LogP contribution in [0.4, 0.5) is 0 Å². The van der Waals surface area contributed by atoms with Gasteiger partial charge in [0.15, 0.2) is 5.75 Å². The lowest BCUT2D eigenvalue weighted by Crippen LogP contribution is -2.20. The summed E-state index contributed by atoms with van der Waals surface area (Å²) in [5.74, 6) is 2.65. The zero-order valence-electron chi connectivity index (χ0n) is 14.4. The summed E-state index contributed by atoms with van der Waals surface area (Å²) in [6, 6.07) is 0. The van der Waals surface area contributed by atoms with Gasteiger partial charge in [-0.2, -0.15) is 0 Å². The van der Waals surface area contributed by atoms with Crippen molar-refractivity contribution in [2.75, 3.05) is 6.54 Å². The van der Waals surface area contributed by atoms with E-state index in [1.165, 1.54) is 0 Å². The first-order valence-electron chi connectivity index (χ1n) is 8.17. The van der Waals surface area contributed by atoms with Gasteiger partial charge in [0.1, 0.15) is 5.82 Å². The lowest BCUT2D eigenvalue weighted by atomic mass is 10.1. The standard InChI is InChI=1S/C17H31N3O/c1-7-8-18-10-15-16(21-14(6)9-12(2)3)11-19-17(20-15)13(4)5/h11-14,18H,7-10H2,1-6H3. The summed E-state index contributed by atoms with van der Waals surface area (Å²) in [7, 11) is 0. The Morgan fingerprint density at radius 1 is 1.19 bits per heavy atom. The molecule has 1 aromatic rings. The first-order valence-corrected chi connectivity index (χ1v) is 8.17. The van der Waals surface area contributed by atoms with Crippen molar-refractivity contribution < 1.29 is 4.74 Å². The molecule has 4 heteroatoms. The second-order valence-electron chi connectivity index (χ2n) is 6.43. The molecule has 1 rings (SSSR count). The molecule has 1 heterocycles. The third kappa shape index (κ3) is 6.42. The van der Waals surface area contributed by atoms with Gasteiger partial charge in [0.05, 0.1) is 18.0 Å². The van der Waals surface area contributed by atoms with Gasteiger partial charge in [-0.05, 0) is 32.2 Å². The molecule has 0 aliphatic rings. The average Bonchev–Trinajstić information content (AvgIpc) is 2.39. The Morgan fingerprint density at radius 3 is 2.48 bits per heavy atom. The molecule has 1 N–H and O–H groups in total. The van der Waals surface area contributed by atoms with Crippen molar-refractivity contribution in [1.82, 2.24) is 15.3 Å². The maximum absolute atomic E-state index is 6.06. The third-order valence-corrected chi connectivity index (χ3v) is 3.22. The number of ether oxygens (including phenoxy) is 1. The van der Waals surface area contributed by atoms with Crippen LogP contribution < -0.4 is 10.1 Å². The number of nitrogens with zero attached hydrogens (tertiary/aromatic N) is 2. The smallest absolute Gasteiger partial charge is 0.160 e. The number of rotatable bonds is 9. The number of hydrogen-bond acceptors (Lipinski definition) is 4. The maximum atomic E-state index is 6.06. The summed E-state index contributed by atoms with van der Waals surface area (Å²) in [5, 5.41) is 3.40. The monoisotopic (exact) mass is 293 g/mol. The van der Waals surface area contributed by atoms with E-state index in [1.54, 1.807) is 0 Å². The van der Waals surface area contributed by atoms with Gasteiger partial charge in [0, 0.05) is 12.5 Å². The van der Waals surface area contributed by atoms with Gasteiger partial charge in [-0.15, -0.1) is 0 Å². The molecule has 1 atom stereocenters. The van der Waals surface area contributed by atoms with Crippen molar-refractivity contribution in [2.45, 2.75) is 73.0 Å². The Labute approximate surface area is 129 Å². The predicted molar refractivity (Wildman–Crippen MR) is 87.7 cm³/mol. The fourth-order valence-corrected chi connectivity index (χ4v) is 2.24. The van der Waals surface area contributed by atoms with E-state index in [0.29, 0.717) is 11.8 Å². The molecule has 0 bridgehead atoms. The van der Waals surface area contributed by atoms with E-state index in [-0.39, 0.29) is 6.10 Å². The topological polar surface area (TPSA) is 47.0 Å². The van der Waals surface area contributed by atoms with E-state index in [4.69, 9.17) is 4.74 Å². The van der Waals surface area contributed by atoms with Gasteiger partial charge in [0.25, 0.3) is 0 Å². The summed E-state index contributed by atoms with van der Waals surface area (Å²) in [6.07, 6.45) is 4.17. The maximum Gasteiger partial charge on any atom is 0.160 e. The van der Waals surface area contributed by atoms with E-state index in [9.17, 15) is 0 Å². The molecule has 0 aliphatic carbocycles. The molecule has 0 saturated carbocycles. The molecule has 0 amide bonds. The first kappa shape index (κ1) is 17.9. The van der Waals surface area contributed by atoms with Crippen LogP contribution in [-0.4, -0.2) is 22.6 Å². The van der Waals surface area contributed by atoms with E-state index >= 15 is 0 Å². The molecule has 1 aromatic heterocycles. The van der Waals surface area contributed by atoms with E-state index in [0.717, 1.165) is 43.2 Å². The van der Waals surface area contributed by atoms with Crippen LogP contribution in [0.2, 0.25) is 0 Å². The second kappa shape index (κ2) is 8.98. The molecule has 0 saturated heterocycles. The second-order valence-corrected chi connectivity index (χ2v) is 6.43. The summed E-state index contributed by atoms with van der Waals surface area (Å²) < 4.78 is 6.06. The van der Waals surface area contributed by atoms with Crippen molar-refractivity contribution in [3.8, 4) is 5.75 Å².